The summed E-state index contributed by atoms with van der Waals surface area (Å²) in [5.74, 6) is 0. The molecule has 0 saturated carbocycles. The van der Waals surface area contributed by atoms with E-state index in [9.17, 15) is 0 Å². The van der Waals surface area contributed by atoms with Crippen LogP contribution in [0.1, 0.15) is 0 Å². The van der Waals surface area contributed by atoms with Crippen LogP contribution in [0.4, 0.5) is 0 Å². The summed E-state index contributed by atoms with van der Waals surface area (Å²) in [7, 11) is 0. The van der Waals surface area contributed by atoms with E-state index in [1.807, 2.05) is 17.5 Å². The van der Waals surface area contributed by atoms with Crippen LogP contribution in [0.3, 0.4) is 0 Å². The van der Waals surface area contributed by atoms with Crippen molar-refractivity contribution >= 4 is 15.1 Å². The first-order valence-electron chi connectivity index (χ1n) is 1.58. The third kappa shape index (κ3) is 2.50. The van der Waals surface area contributed by atoms with E-state index in [-0.39, 0.29) is 17.0 Å². The SMILES string of the molecule is [Br-].[Mn+][c]1cccs1. The molecule has 0 unspecified atom stereocenters. The number of halogens is 1. The summed E-state index contributed by atoms with van der Waals surface area (Å²) in [6.07, 6.45) is 0. The van der Waals surface area contributed by atoms with Gasteiger partial charge in [-0.1, -0.05) is 0 Å². The predicted octanol–water partition coefficient (Wildman–Crippen LogP) is -2.08. The molecule has 1 aromatic heterocycles. The first-order valence-corrected chi connectivity index (χ1v) is 3.05. The van der Waals surface area contributed by atoms with Crippen LogP contribution in [-0.4, -0.2) is 0 Å². The van der Waals surface area contributed by atoms with Crippen molar-refractivity contribution in [2.45, 2.75) is 0 Å². The Bertz CT molecular complexity index is 115. The maximum absolute atomic E-state index is 3.30. The van der Waals surface area contributed by atoms with Crippen molar-refractivity contribution in [1.82, 2.24) is 0 Å². The van der Waals surface area contributed by atoms with Gasteiger partial charge in [-0.25, -0.2) is 0 Å². The first kappa shape index (κ1) is 7.70. The molecule has 0 amide bonds. The fourth-order valence-corrected chi connectivity index (χ4v) is 1.06. The summed E-state index contributed by atoms with van der Waals surface area (Å²) in [6.45, 7) is 0. The molecule has 0 aliphatic rings. The Morgan fingerprint density at radius 1 is 1.57 bits per heavy atom. The van der Waals surface area contributed by atoms with E-state index in [2.05, 4.69) is 16.0 Å². The summed E-state index contributed by atoms with van der Waals surface area (Å²) in [5.41, 5.74) is 0. The van der Waals surface area contributed by atoms with E-state index < -0.39 is 0 Å². The Balaban J connectivity index is 0.000000360. The molecular weight excluding hydrogens is 215 g/mol. The molecule has 0 N–H and O–H groups in total. The molecule has 1 rings (SSSR count). The molecule has 0 fully saturated rings. The van der Waals surface area contributed by atoms with Gasteiger partial charge in [0.2, 0.25) is 0 Å². The van der Waals surface area contributed by atoms with Crippen LogP contribution in [0.5, 0.6) is 0 Å². The minimum atomic E-state index is 0. The summed E-state index contributed by atoms with van der Waals surface area (Å²) >= 11 is 4.99. The number of hydrogen-bond acceptors (Lipinski definition) is 1. The second-order valence-corrected chi connectivity index (χ2v) is 2.88. The predicted molar refractivity (Wildman–Crippen MR) is 24.0 cm³/mol. The minimum absolute atomic E-state index is 0. The molecule has 0 atom stereocenters. The van der Waals surface area contributed by atoms with E-state index >= 15 is 0 Å². The second kappa shape index (κ2) is 3.67. The van der Waals surface area contributed by atoms with E-state index in [4.69, 9.17) is 0 Å². The molecule has 0 saturated heterocycles. The van der Waals surface area contributed by atoms with Crippen molar-refractivity contribution in [1.29, 1.82) is 0 Å². The van der Waals surface area contributed by atoms with Crippen LogP contribution in [0.2, 0.25) is 0 Å². The van der Waals surface area contributed by atoms with Gasteiger partial charge in [0.05, 0.1) is 0 Å². The Morgan fingerprint density at radius 3 is 2.43 bits per heavy atom. The topological polar surface area (TPSA) is 0 Å². The van der Waals surface area contributed by atoms with E-state index in [1.165, 1.54) is 3.78 Å². The molecule has 3 heteroatoms. The quantitative estimate of drug-likeness (QED) is 0.438. The van der Waals surface area contributed by atoms with Gasteiger partial charge >= 0.3 is 48.6 Å². The van der Waals surface area contributed by atoms with Gasteiger partial charge in [0.1, 0.15) is 0 Å². The average Bonchev–Trinajstić information content (AvgIpc) is 1.86. The summed E-state index contributed by atoms with van der Waals surface area (Å²) in [5, 5.41) is 2.03. The zero-order valence-electron chi connectivity index (χ0n) is 3.40. The van der Waals surface area contributed by atoms with Gasteiger partial charge in [-0.2, -0.15) is 0 Å². The molecule has 0 aliphatic carbocycles. The zero-order chi connectivity index (χ0) is 4.41. The molecule has 0 radical (unpaired) electrons. The van der Waals surface area contributed by atoms with Crippen LogP contribution >= 0.6 is 11.3 Å². The Kier molecular flexibility index (Phi) is 4.04. The van der Waals surface area contributed by atoms with Gasteiger partial charge < -0.3 is 17.0 Å². The molecule has 39 valence electrons. The van der Waals surface area contributed by atoms with Gasteiger partial charge in [-0.05, 0) is 0 Å². The number of thiophene rings is 1. The number of rotatable bonds is 0. The van der Waals surface area contributed by atoms with Crippen molar-refractivity contribution in [3.05, 3.63) is 17.5 Å². The zero-order valence-corrected chi connectivity index (χ0v) is 6.98. The summed E-state index contributed by atoms with van der Waals surface area (Å²) in [4.78, 5) is 0. The average molecular weight is 218 g/mol. The van der Waals surface area contributed by atoms with Crippen LogP contribution in [-0.2, 0) is 16.0 Å². The summed E-state index contributed by atoms with van der Waals surface area (Å²) < 4.78 is 1.20. The fourth-order valence-electron chi connectivity index (χ4n) is 0.259. The van der Waals surface area contributed by atoms with Crippen LogP contribution < -0.4 is 20.8 Å². The van der Waals surface area contributed by atoms with Gasteiger partial charge in [-0.15, -0.1) is 0 Å². The Labute approximate surface area is 65.5 Å². The van der Waals surface area contributed by atoms with Crippen molar-refractivity contribution < 1.29 is 33.0 Å². The monoisotopic (exact) mass is 217 g/mol. The first-order chi connectivity index (χ1) is 2.89. The van der Waals surface area contributed by atoms with E-state index in [1.54, 1.807) is 11.3 Å². The molecule has 0 nitrogen and oxygen atoms in total. The van der Waals surface area contributed by atoms with Gasteiger partial charge in [0.25, 0.3) is 0 Å². The standard InChI is InChI=1S/C4H3S.BrH.Mn/c1-2-4-5-3-1;;/h1-3H;1H;/q;;+1/p-1. The Hall–Kier alpha value is 0.699. The van der Waals surface area contributed by atoms with Crippen molar-refractivity contribution in [2.75, 3.05) is 0 Å². The molecule has 0 aromatic carbocycles. The third-order valence-corrected chi connectivity index (χ3v) is 1.76. The molecule has 0 bridgehead atoms. The molecule has 0 aliphatic heterocycles. The molecule has 1 heterocycles. The second-order valence-electron chi connectivity index (χ2n) is 0.917. The molecule has 1 aromatic rings. The molecular formula is C4H3BrMnS. The fraction of sp³-hybridized carbons (Fsp3) is 0. The van der Waals surface area contributed by atoms with E-state index in [0.29, 0.717) is 0 Å². The van der Waals surface area contributed by atoms with E-state index in [0.717, 1.165) is 0 Å². The van der Waals surface area contributed by atoms with Crippen molar-refractivity contribution in [3.63, 3.8) is 0 Å². The van der Waals surface area contributed by atoms with Gasteiger partial charge in [0, 0.05) is 0 Å². The molecule has 7 heavy (non-hydrogen) atoms. The molecule has 0 spiro atoms. The van der Waals surface area contributed by atoms with Crippen molar-refractivity contribution in [2.24, 2.45) is 0 Å². The maximum atomic E-state index is 3.30. The van der Waals surface area contributed by atoms with Crippen LogP contribution in [0, 0.1) is 0 Å². The van der Waals surface area contributed by atoms with Crippen LogP contribution in [0.15, 0.2) is 17.5 Å². The van der Waals surface area contributed by atoms with Gasteiger partial charge in [-0.3, -0.25) is 0 Å². The third-order valence-electron chi connectivity index (χ3n) is 0.486. The normalized spacial score (nSPS) is 7.43. The summed E-state index contributed by atoms with van der Waals surface area (Å²) in [6, 6.07) is 4.03. The Morgan fingerprint density at radius 2 is 2.29 bits per heavy atom. The van der Waals surface area contributed by atoms with Gasteiger partial charge in [0.15, 0.2) is 0 Å². The van der Waals surface area contributed by atoms with Crippen LogP contribution in [0.25, 0.3) is 0 Å². The number of hydrogen-bond donors (Lipinski definition) is 0. The van der Waals surface area contributed by atoms with Crippen molar-refractivity contribution in [3.8, 4) is 0 Å².